The zero-order valence-electron chi connectivity index (χ0n) is 14.4. The maximum absolute atomic E-state index is 6.61. The summed E-state index contributed by atoms with van der Waals surface area (Å²) in [5.41, 5.74) is 0. The predicted molar refractivity (Wildman–Crippen MR) is 80.2 cm³/mol. The molecular weight excluding hydrogens is 306 g/mol. The number of hydrogen-bond acceptors (Lipinski definition) is 4. The van der Waals surface area contributed by atoms with Gasteiger partial charge in [0.05, 0.1) is 12.2 Å². The first-order chi connectivity index (χ1) is 10.0. The first-order valence-electron chi connectivity index (χ1n) is 8.70. The van der Waals surface area contributed by atoms with Gasteiger partial charge in [-0.3, -0.25) is 0 Å². The van der Waals surface area contributed by atoms with Gasteiger partial charge in [0.2, 0.25) is 0 Å². The van der Waals surface area contributed by atoms with Gasteiger partial charge in [-0.05, 0) is 20.8 Å². The fourth-order valence-electron chi connectivity index (χ4n) is 4.85. The third-order valence-electron chi connectivity index (χ3n) is 5.77. The Hall–Kier alpha value is 1.54. The van der Waals surface area contributed by atoms with Crippen LogP contribution in [0.2, 0.25) is 11.6 Å². The largest absolute Gasteiger partial charge is 1.00 e. The summed E-state index contributed by atoms with van der Waals surface area (Å²) in [5, 5.41) is 0. The minimum absolute atomic E-state index is 0. The van der Waals surface area contributed by atoms with Gasteiger partial charge in [0.25, 0.3) is 0 Å². The first-order valence-corrected chi connectivity index (χ1v) is 8.70. The molecule has 0 aromatic rings. The van der Waals surface area contributed by atoms with Crippen molar-refractivity contribution >= 4 is 6.92 Å². The molecule has 4 fully saturated rings. The Labute approximate surface area is 176 Å². The van der Waals surface area contributed by atoms with Crippen molar-refractivity contribution in [1.82, 2.24) is 0 Å². The molecular formula is C16H27BKO4. The van der Waals surface area contributed by atoms with Gasteiger partial charge in [-0.25, -0.2) is 0 Å². The number of rotatable bonds is 2. The van der Waals surface area contributed by atoms with Crippen LogP contribution in [0.3, 0.4) is 0 Å². The van der Waals surface area contributed by atoms with Crippen LogP contribution >= 0.6 is 0 Å². The summed E-state index contributed by atoms with van der Waals surface area (Å²) in [6.45, 7) is 6.40. The Morgan fingerprint density at radius 3 is 2.18 bits per heavy atom. The van der Waals surface area contributed by atoms with Crippen LogP contribution in [-0.2, 0) is 18.9 Å². The third kappa shape index (κ3) is 3.42. The molecule has 0 aromatic carbocycles. The SMILES string of the molecule is C[C@H]1O[C@@H]2OC(C)(C)O[C@@H]2[C@H]1O[B-]1C2CCCC1CCC2.[K+]. The van der Waals surface area contributed by atoms with Gasteiger partial charge in [-0.2, -0.15) is 11.6 Å². The van der Waals surface area contributed by atoms with E-state index in [4.69, 9.17) is 18.9 Å². The number of ether oxygens (including phenoxy) is 3. The van der Waals surface area contributed by atoms with E-state index in [0.717, 1.165) is 11.6 Å². The molecule has 2 bridgehead atoms. The van der Waals surface area contributed by atoms with Crippen molar-refractivity contribution in [3.05, 3.63) is 0 Å². The average Bonchev–Trinajstić information content (AvgIpc) is 2.82. The Morgan fingerprint density at radius 2 is 1.59 bits per heavy atom. The fraction of sp³-hybridized carbons (Fsp3) is 1.00. The topological polar surface area (TPSA) is 36.9 Å². The van der Waals surface area contributed by atoms with Gasteiger partial charge in [-0.1, -0.05) is 38.5 Å². The van der Waals surface area contributed by atoms with E-state index in [1.54, 1.807) is 0 Å². The summed E-state index contributed by atoms with van der Waals surface area (Å²) in [4.78, 5) is 0. The van der Waals surface area contributed by atoms with Crippen molar-refractivity contribution in [3.8, 4) is 0 Å². The maximum atomic E-state index is 6.61. The molecule has 4 atom stereocenters. The minimum Gasteiger partial charge on any atom is -0.616 e. The van der Waals surface area contributed by atoms with Gasteiger partial charge in [0, 0.05) is 6.92 Å². The summed E-state index contributed by atoms with van der Waals surface area (Å²) >= 11 is 0. The van der Waals surface area contributed by atoms with Crippen LogP contribution in [0.4, 0.5) is 0 Å². The normalized spacial score (nSPS) is 47.0. The Kier molecular flexibility index (Phi) is 5.87. The van der Waals surface area contributed by atoms with E-state index in [0.29, 0.717) is 6.92 Å². The molecule has 4 nitrogen and oxygen atoms in total. The third-order valence-corrected chi connectivity index (χ3v) is 5.77. The van der Waals surface area contributed by atoms with Gasteiger partial charge in [0.1, 0.15) is 6.10 Å². The molecule has 119 valence electrons. The van der Waals surface area contributed by atoms with E-state index < -0.39 is 5.79 Å². The molecule has 0 unspecified atom stereocenters. The van der Waals surface area contributed by atoms with E-state index >= 15 is 0 Å². The molecule has 0 aromatic heterocycles. The quantitative estimate of drug-likeness (QED) is 0.685. The molecule has 1 radical (unpaired) electrons. The first kappa shape index (κ1) is 18.3. The summed E-state index contributed by atoms with van der Waals surface area (Å²) in [7, 11) is 0. The van der Waals surface area contributed by atoms with Crippen LogP contribution in [-0.4, -0.2) is 37.3 Å². The van der Waals surface area contributed by atoms with E-state index in [-0.39, 0.29) is 76.0 Å². The second kappa shape index (κ2) is 7.04. The van der Waals surface area contributed by atoms with Crippen LogP contribution in [0.1, 0.15) is 59.3 Å². The van der Waals surface area contributed by atoms with Crippen molar-refractivity contribution in [1.29, 1.82) is 0 Å². The van der Waals surface area contributed by atoms with Crippen molar-refractivity contribution in [2.24, 2.45) is 0 Å². The smallest absolute Gasteiger partial charge is 0.616 e. The van der Waals surface area contributed by atoms with Crippen LogP contribution < -0.4 is 51.4 Å². The summed E-state index contributed by atoms with van der Waals surface area (Å²) in [6.07, 6.45) is 7.83. The van der Waals surface area contributed by atoms with Crippen molar-refractivity contribution < 1.29 is 70.2 Å². The fourth-order valence-corrected chi connectivity index (χ4v) is 4.85. The van der Waals surface area contributed by atoms with Gasteiger partial charge in [-0.15, -0.1) is 0 Å². The molecule has 0 spiro atoms. The standard InChI is InChI=1S/C16H27BO4.K/c1-10-13(14-15(18-10)20-16(2,3)19-14)21-17-11-6-4-7-12(17)9-5-8-11;/h10-15H,4-9H2,1-3H3;/q-1;+1/t10-,11?,12?,13+,14-,15-;/m1./s1. The molecule has 4 aliphatic rings. The Balaban J connectivity index is 0.00000144. The molecule has 22 heavy (non-hydrogen) atoms. The Bertz CT molecular complexity index is 386. The summed E-state index contributed by atoms with van der Waals surface area (Å²) < 4.78 is 24.4. The van der Waals surface area contributed by atoms with Crippen LogP contribution in [0, 0.1) is 0 Å². The summed E-state index contributed by atoms with van der Waals surface area (Å²) in [6, 6.07) is 0. The predicted octanol–water partition coefficient (Wildman–Crippen LogP) is 0.372. The average molecular weight is 333 g/mol. The molecule has 4 rings (SSSR count). The van der Waals surface area contributed by atoms with E-state index in [1.807, 2.05) is 13.8 Å². The second-order valence-corrected chi connectivity index (χ2v) is 7.76. The number of fused-ring (bicyclic) bond motifs is 3. The minimum atomic E-state index is -0.556. The molecule has 4 saturated heterocycles. The van der Waals surface area contributed by atoms with Crippen LogP contribution in [0.15, 0.2) is 0 Å². The van der Waals surface area contributed by atoms with Crippen molar-refractivity contribution in [3.63, 3.8) is 0 Å². The molecule has 4 aliphatic heterocycles. The van der Waals surface area contributed by atoms with Crippen molar-refractivity contribution in [2.45, 2.75) is 101 Å². The molecule has 0 saturated carbocycles. The zero-order valence-corrected chi connectivity index (χ0v) is 17.5. The molecule has 6 heteroatoms. The number of hydrogen-bond donors (Lipinski definition) is 0. The van der Waals surface area contributed by atoms with Gasteiger partial charge >= 0.3 is 51.4 Å². The van der Waals surface area contributed by atoms with Gasteiger partial charge in [0.15, 0.2) is 12.1 Å². The molecule has 0 amide bonds. The molecule has 0 N–H and O–H groups in total. The van der Waals surface area contributed by atoms with Crippen LogP contribution in [0.25, 0.3) is 0 Å². The summed E-state index contributed by atoms with van der Waals surface area (Å²) in [5.74, 6) is 0.942. The second-order valence-electron chi connectivity index (χ2n) is 7.76. The monoisotopic (exact) mass is 333 g/mol. The zero-order chi connectivity index (χ0) is 14.6. The van der Waals surface area contributed by atoms with E-state index in [9.17, 15) is 0 Å². The maximum Gasteiger partial charge on any atom is 1.00 e. The van der Waals surface area contributed by atoms with E-state index in [2.05, 4.69) is 6.92 Å². The van der Waals surface area contributed by atoms with Crippen LogP contribution in [0.5, 0.6) is 0 Å². The van der Waals surface area contributed by atoms with Gasteiger partial charge < -0.3 is 18.9 Å². The van der Waals surface area contributed by atoms with E-state index in [1.165, 1.54) is 38.5 Å². The molecule has 0 aliphatic carbocycles. The van der Waals surface area contributed by atoms with Crippen molar-refractivity contribution in [2.75, 3.05) is 0 Å². The molecule has 4 heterocycles. The Morgan fingerprint density at radius 1 is 1.00 bits per heavy atom.